The van der Waals surface area contributed by atoms with Crippen molar-refractivity contribution in [2.45, 2.75) is 24.8 Å². The van der Waals surface area contributed by atoms with Gasteiger partial charge in [0.15, 0.2) is 0 Å². The van der Waals surface area contributed by atoms with Gasteiger partial charge in [0.05, 0.1) is 0 Å². The van der Waals surface area contributed by atoms with Crippen molar-refractivity contribution in [3.05, 3.63) is 83.9 Å². The van der Waals surface area contributed by atoms with E-state index in [4.69, 9.17) is 9.84 Å². The van der Waals surface area contributed by atoms with Gasteiger partial charge in [-0.3, -0.25) is 9.59 Å². The van der Waals surface area contributed by atoms with Crippen molar-refractivity contribution < 1.29 is 29.3 Å². The predicted octanol–water partition coefficient (Wildman–Crippen LogP) is 4.13. The lowest BCUT2D eigenvalue weighted by atomic mass is 9.98. The van der Waals surface area contributed by atoms with E-state index >= 15 is 0 Å². The number of aliphatic carboxylic acids is 1. The molecular weight excluding hydrogens is 448 g/mol. The van der Waals surface area contributed by atoms with Gasteiger partial charge < -0.3 is 25.2 Å². The number of phenolic OH excluding ortho intramolecular Hbond substituents is 1. The Morgan fingerprint density at radius 3 is 2.20 bits per heavy atom. The van der Waals surface area contributed by atoms with Crippen LogP contribution in [0.3, 0.4) is 0 Å². The third-order valence-electron chi connectivity index (χ3n) is 6.13. The Hall–Kier alpha value is -4.33. The molecule has 0 radical (unpaired) electrons. The maximum Gasteiger partial charge on any atom is 0.407 e. The lowest BCUT2D eigenvalue weighted by Gasteiger charge is -2.24. The van der Waals surface area contributed by atoms with Gasteiger partial charge in [-0.1, -0.05) is 54.6 Å². The molecule has 0 heterocycles. The monoisotopic (exact) mass is 474 g/mol. The number of nitrogens with one attached hydrogen (secondary N) is 1. The second kappa shape index (κ2) is 10.3. The topological polar surface area (TPSA) is 116 Å². The van der Waals surface area contributed by atoms with Crippen LogP contribution in [-0.4, -0.2) is 47.9 Å². The summed E-state index contributed by atoms with van der Waals surface area (Å²) in [5, 5.41) is 21.3. The van der Waals surface area contributed by atoms with Gasteiger partial charge in [-0.15, -0.1) is 0 Å². The number of carbonyl (C=O) groups excluding carboxylic acids is 2. The third-order valence-corrected chi connectivity index (χ3v) is 6.13. The van der Waals surface area contributed by atoms with Crippen molar-refractivity contribution in [3.63, 3.8) is 0 Å². The number of rotatable bonds is 8. The van der Waals surface area contributed by atoms with Crippen LogP contribution in [0.4, 0.5) is 10.5 Å². The first-order valence-electron chi connectivity index (χ1n) is 11.2. The van der Waals surface area contributed by atoms with E-state index in [1.54, 1.807) is 12.1 Å². The van der Waals surface area contributed by atoms with Gasteiger partial charge in [-0.05, 0) is 40.8 Å². The second-order valence-electron chi connectivity index (χ2n) is 8.37. The highest BCUT2D eigenvalue weighted by Gasteiger charge is 2.30. The van der Waals surface area contributed by atoms with Gasteiger partial charge in [0.2, 0.25) is 5.91 Å². The summed E-state index contributed by atoms with van der Waals surface area (Å²) in [5.74, 6) is -1.77. The van der Waals surface area contributed by atoms with Crippen LogP contribution in [0.25, 0.3) is 11.1 Å². The number of aromatic hydroxyl groups is 1. The summed E-state index contributed by atoms with van der Waals surface area (Å²) in [6.45, 7) is 0.0715. The summed E-state index contributed by atoms with van der Waals surface area (Å²) >= 11 is 0. The number of ether oxygens (including phenoxy) is 1. The number of nitrogens with zero attached hydrogens (tertiary/aromatic N) is 1. The van der Waals surface area contributed by atoms with Crippen LogP contribution in [0.2, 0.25) is 0 Å². The molecule has 0 saturated heterocycles. The third kappa shape index (κ3) is 5.27. The summed E-state index contributed by atoms with van der Waals surface area (Å²) in [4.78, 5) is 38.2. The van der Waals surface area contributed by atoms with Crippen LogP contribution in [0.15, 0.2) is 72.8 Å². The van der Waals surface area contributed by atoms with Crippen LogP contribution >= 0.6 is 0 Å². The lowest BCUT2D eigenvalue weighted by molar-refractivity contribution is -0.137. The van der Waals surface area contributed by atoms with E-state index in [9.17, 15) is 19.5 Å². The lowest BCUT2D eigenvalue weighted by Crippen LogP contribution is -2.48. The summed E-state index contributed by atoms with van der Waals surface area (Å²) < 4.78 is 5.52. The molecular formula is C27H26N2O6. The van der Waals surface area contributed by atoms with Gasteiger partial charge in [0.25, 0.3) is 0 Å². The zero-order valence-corrected chi connectivity index (χ0v) is 19.2. The molecule has 180 valence electrons. The van der Waals surface area contributed by atoms with E-state index in [0.29, 0.717) is 5.69 Å². The molecule has 1 atom stereocenters. The molecule has 4 rings (SSSR count). The van der Waals surface area contributed by atoms with E-state index in [2.05, 4.69) is 5.32 Å². The fraction of sp³-hybridized carbons (Fsp3) is 0.222. The van der Waals surface area contributed by atoms with Crippen molar-refractivity contribution in [3.8, 4) is 16.9 Å². The Balaban J connectivity index is 1.46. The molecule has 35 heavy (non-hydrogen) atoms. The summed E-state index contributed by atoms with van der Waals surface area (Å²) in [7, 11) is 1.49. The number of phenols is 1. The maximum atomic E-state index is 13.1. The molecule has 8 heteroatoms. The fourth-order valence-corrected chi connectivity index (χ4v) is 4.37. The number of carboxylic acid groups (broad SMARTS) is 1. The van der Waals surface area contributed by atoms with Crippen LogP contribution in [0.1, 0.15) is 29.9 Å². The van der Waals surface area contributed by atoms with E-state index in [1.165, 1.54) is 24.1 Å². The van der Waals surface area contributed by atoms with Gasteiger partial charge >= 0.3 is 12.1 Å². The largest absolute Gasteiger partial charge is 0.508 e. The number of fused-ring (bicyclic) bond motifs is 3. The predicted molar refractivity (Wildman–Crippen MR) is 130 cm³/mol. The van der Waals surface area contributed by atoms with Gasteiger partial charge in [0, 0.05) is 31.1 Å². The van der Waals surface area contributed by atoms with Crippen molar-refractivity contribution in [2.24, 2.45) is 0 Å². The van der Waals surface area contributed by atoms with Crippen LogP contribution in [0.5, 0.6) is 5.75 Å². The molecule has 0 saturated carbocycles. The maximum absolute atomic E-state index is 13.1. The van der Waals surface area contributed by atoms with Crippen molar-refractivity contribution in [1.29, 1.82) is 0 Å². The molecule has 0 spiro atoms. The number of anilines is 1. The molecule has 3 N–H and O–H groups in total. The first-order chi connectivity index (χ1) is 16.8. The molecule has 3 aromatic carbocycles. The molecule has 1 aliphatic carbocycles. The van der Waals surface area contributed by atoms with E-state index < -0.39 is 24.0 Å². The molecule has 2 amide bonds. The highest BCUT2D eigenvalue weighted by atomic mass is 16.5. The SMILES string of the molecule is CN(C(=O)C(CCC(=O)O)NC(=O)OCC1c2ccccc2-c2ccccc21)c1cccc(O)c1. The fourth-order valence-electron chi connectivity index (χ4n) is 4.37. The van der Waals surface area contributed by atoms with Crippen LogP contribution < -0.4 is 10.2 Å². The molecule has 1 aliphatic rings. The number of carbonyl (C=O) groups is 3. The zero-order chi connectivity index (χ0) is 24.9. The summed E-state index contributed by atoms with van der Waals surface area (Å²) in [6, 6.07) is 20.9. The number of alkyl carbamates (subject to hydrolysis) is 1. The number of likely N-dealkylation sites (N-methyl/N-ethyl adjacent to an activating group) is 1. The van der Waals surface area contributed by atoms with Crippen LogP contribution in [0, 0.1) is 0 Å². The van der Waals surface area contributed by atoms with Crippen LogP contribution in [-0.2, 0) is 14.3 Å². The van der Waals surface area contributed by atoms with E-state index in [1.807, 2.05) is 48.5 Å². The second-order valence-corrected chi connectivity index (χ2v) is 8.37. The average molecular weight is 475 g/mol. The normalized spacial score (nSPS) is 12.8. The zero-order valence-electron chi connectivity index (χ0n) is 19.2. The number of carboxylic acids is 1. The van der Waals surface area contributed by atoms with Crippen molar-refractivity contribution >= 4 is 23.7 Å². The van der Waals surface area contributed by atoms with Crippen molar-refractivity contribution in [2.75, 3.05) is 18.6 Å². The van der Waals surface area contributed by atoms with E-state index in [0.717, 1.165) is 22.3 Å². The molecule has 0 fully saturated rings. The Kier molecular flexibility index (Phi) is 7.01. The molecule has 0 aliphatic heterocycles. The number of hydrogen-bond donors (Lipinski definition) is 3. The molecule has 8 nitrogen and oxygen atoms in total. The average Bonchev–Trinajstić information content (AvgIpc) is 3.18. The summed E-state index contributed by atoms with van der Waals surface area (Å²) in [5.41, 5.74) is 4.72. The number of benzene rings is 3. The molecule has 0 bridgehead atoms. The van der Waals surface area contributed by atoms with Gasteiger partial charge in [-0.2, -0.15) is 0 Å². The summed E-state index contributed by atoms with van der Waals surface area (Å²) in [6.07, 6.45) is -1.23. The minimum Gasteiger partial charge on any atom is -0.508 e. The Labute approximate surface area is 202 Å². The molecule has 0 aromatic heterocycles. The Bertz CT molecular complexity index is 1210. The number of hydrogen-bond acceptors (Lipinski definition) is 5. The van der Waals surface area contributed by atoms with E-state index in [-0.39, 0.29) is 31.1 Å². The van der Waals surface area contributed by atoms with Gasteiger partial charge in [0.1, 0.15) is 18.4 Å². The first kappa shape index (κ1) is 23.8. The highest BCUT2D eigenvalue weighted by Crippen LogP contribution is 2.44. The highest BCUT2D eigenvalue weighted by molar-refractivity contribution is 5.98. The molecule has 1 unspecified atom stereocenters. The smallest absolute Gasteiger partial charge is 0.407 e. The van der Waals surface area contributed by atoms with Crippen molar-refractivity contribution in [1.82, 2.24) is 5.32 Å². The van der Waals surface area contributed by atoms with Gasteiger partial charge in [-0.25, -0.2) is 4.79 Å². The standard InChI is InChI=1S/C27H26N2O6/c1-29(17-7-6-8-18(30)15-17)26(33)24(13-14-25(31)32)28-27(34)35-16-23-21-11-4-2-9-19(21)20-10-3-5-12-22(20)23/h2-12,15,23-24,30H,13-14,16H2,1H3,(H,28,34)(H,31,32). The minimum atomic E-state index is -1.12. The minimum absolute atomic E-state index is 0.0197. The first-order valence-corrected chi connectivity index (χ1v) is 11.2. The Morgan fingerprint density at radius 1 is 0.971 bits per heavy atom. The molecule has 3 aromatic rings. The quantitative estimate of drug-likeness (QED) is 0.452. The number of amides is 2. The Morgan fingerprint density at radius 2 is 1.60 bits per heavy atom.